The van der Waals surface area contributed by atoms with Crippen molar-refractivity contribution in [1.29, 1.82) is 0 Å². The summed E-state index contributed by atoms with van der Waals surface area (Å²) in [6.07, 6.45) is 0.704. The van der Waals surface area contributed by atoms with Crippen LogP contribution in [0.5, 0.6) is 0 Å². The maximum Gasteiger partial charge on any atom is 0.253 e. The lowest BCUT2D eigenvalue weighted by molar-refractivity contribution is 0.0930. The fourth-order valence-electron chi connectivity index (χ4n) is 1.67. The van der Waals surface area contributed by atoms with Crippen molar-refractivity contribution in [2.75, 3.05) is 18.9 Å². The fraction of sp³-hybridized carbons (Fsp3) is 0.364. The van der Waals surface area contributed by atoms with Crippen LogP contribution in [0.2, 0.25) is 0 Å². The summed E-state index contributed by atoms with van der Waals surface area (Å²) in [6, 6.07) is 1.50. The molecule has 1 fully saturated rings. The normalized spacial score (nSPS) is 19.3. The van der Waals surface area contributed by atoms with E-state index >= 15 is 0 Å². The molecule has 0 radical (unpaired) electrons. The minimum Gasteiger partial charge on any atom is -0.398 e. The molecule has 2 rings (SSSR count). The SMILES string of the molecule is Nc1cc(F)c(F)cc1C(=O)NC1CCOC1. The molecule has 3 N–H and O–H groups in total. The lowest BCUT2D eigenvalue weighted by Crippen LogP contribution is -2.35. The van der Waals surface area contributed by atoms with Crippen LogP contribution in [-0.4, -0.2) is 25.2 Å². The highest BCUT2D eigenvalue weighted by atomic mass is 19.2. The third-order valence-corrected chi connectivity index (χ3v) is 2.60. The van der Waals surface area contributed by atoms with E-state index in [9.17, 15) is 13.6 Å². The Bertz CT molecular complexity index is 445. The number of nitrogens with one attached hydrogen (secondary N) is 1. The second kappa shape index (κ2) is 4.67. The molecule has 1 unspecified atom stereocenters. The van der Waals surface area contributed by atoms with Crippen molar-refractivity contribution in [3.63, 3.8) is 0 Å². The second-order valence-corrected chi connectivity index (χ2v) is 3.89. The van der Waals surface area contributed by atoms with E-state index in [1.165, 1.54) is 0 Å². The van der Waals surface area contributed by atoms with Crippen LogP contribution in [0.1, 0.15) is 16.8 Å². The molecule has 4 nitrogen and oxygen atoms in total. The molecule has 0 aromatic heterocycles. The monoisotopic (exact) mass is 242 g/mol. The number of hydrogen-bond acceptors (Lipinski definition) is 3. The highest BCUT2D eigenvalue weighted by molar-refractivity contribution is 5.99. The molecule has 1 aromatic carbocycles. The van der Waals surface area contributed by atoms with Gasteiger partial charge in [-0.15, -0.1) is 0 Å². The Balaban J connectivity index is 2.15. The first-order valence-electron chi connectivity index (χ1n) is 5.21. The summed E-state index contributed by atoms with van der Waals surface area (Å²) in [4.78, 5) is 11.7. The molecule has 1 aliphatic rings. The summed E-state index contributed by atoms with van der Waals surface area (Å²) in [6.45, 7) is 1.01. The zero-order valence-corrected chi connectivity index (χ0v) is 9.00. The maximum atomic E-state index is 13.0. The van der Waals surface area contributed by atoms with Gasteiger partial charge in [0, 0.05) is 18.4 Å². The average Bonchev–Trinajstić information content (AvgIpc) is 2.76. The molecule has 1 saturated heterocycles. The number of rotatable bonds is 2. The van der Waals surface area contributed by atoms with E-state index in [-0.39, 0.29) is 17.3 Å². The molecule has 1 amide bonds. The number of nitrogens with two attached hydrogens (primary N) is 1. The van der Waals surface area contributed by atoms with Crippen molar-refractivity contribution < 1.29 is 18.3 Å². The van der Waals surface area contributed by atoms with Crippen molar-refractivity contribution in [1.82, 2.24) is 5.32 Å². The Morgan fingerprint density at radius 2 is 2.12 bits per heavy atom. The molecule has 1 atom stereocenters. The summed E-state index contributed by atoms with van der Waals surface area (Å²) in [5.74, 6) is -2.67. The van der Waals surface area contributed by atoms with Crippen molar-refractivity contribution in [3.05, 3.63) is 29.3 Å². The molecule has 17 heavy (non-hydrogen) atoms. The summed E-state index contributed by atoms with van der Waals surface area (Å²) >= 11 is 0. The Kier molecular flexibility index (Phi) is 3.23. The zero-order valence-electron chi connectivity index (χ0n) is 9.00. The van der Waals surface area contributed by atoms with Gasteiger partial charge in [0.15, 0.2) is 11.6 Å². The molecule has 0 spiro atoms. The van der Waals surface area contributed by atoms with Crippen molar-refractivity contribution in [2.24, 2.45) is 0 Å². The molecule has 1 aliphatic heterocycles. The van der Waals surface area contributed by atoms with Crippen LogP contribution >= 0.6 is 0 Å². The maximum absolute atomic E-state index is 13.0. The second-order valence-electron chi connectivity index (χ2n) is 3.89. The lowest BCUT2D eigenvalue weighted by atomic mass is 10.1. The Morgan fingerprint density at radius 3 is 2.76 bits per heavy atom. The number of amides is 1. The third kappa shape index (κ3) is 2.52. The van der Waals surface area contributed by atoms with Crippen molar-refractivity contribution in [3.8, 4) is 0 Å². The van der Waals surface area contributed by atoms with Crippen LogP contribution in [0.3, 0.4) is 0 Å². The van der Waals surface area contributed by atoms with Crippen LogP contribution in [0.4, 0.5) is 14.5 Å². The number of hydrogen-bond donors (Lipinski definition) is 2. The molecular formula is C11H12F2N2O2. The largest absolute Gasteiger partial charge is 0.398 e. The highest BCUT2D eigenvalue weighted by Gasteiger charge is 2.20. The van der Waals surface area contributed by atoms with E-state index in [2.05, 4.69) is 5.32 Å². The van der Waals surface area contributed by atoms with Crippen LogP contribution < -0.4 is 11.1 Å². The van der Waals surface area contributed by atoms with Gasteiger partial charge in [0.05, 0.1) is 18.2 Å². The van der Waals surface area contributed by atoms with Gasteiger partial charge in [-0.25, -0.2) is 8.78 Å². The topological polar surface area (TPSA) is 64.4 Å². The lowest BCUT2D eigenvalue weighted by Gasteiger charge is -2.12. The number of carbonyl (C=O) groups is 1. The molecule has 1 heterocycles. The van der Waals surface area contributed by atoms with E-state index in [1.807, 2.05) is 0 Å². The van der Waals surface area contributed by atoms with Gasteiger partial charge in [0.2, 0.25) is 0 Å². The van der Waals surface area contributed by atoms with Crippen LogP contribution in [0, 0.1) is 11.6 Å². The van der Waals surface area contributed by atoms with Gasteiger partial charge in [-0.2, -0.15) is 0 Å². The number of halogens is 2. The Hall–Kier alpha value is -1.69. The molecule has 1 aromatic rings. The third-order valence-electron chi connectivity index (χ3n) is 2.60. The highest BCUT2D eigenvalue weighted by Crippen LogP contribution is 2.17. The quantitative estimate of drug-likeness (QED) is 0.762. The van der Waals surface area contributed by atoms with E-state index < -0.39 is 17.5 Å². The number of ether oxygens (including phenoxy) is 1. The smallest absolute Gasteiger partial charge is 0.253 e. The number of anilines is 1. The fourth-order valence-corrected chi connectivity index (χ4v) is 1.67. The average molecular weight is 242 g/mol. The van der Waals surface area contributed by atoms with Gasteiger partial charge in [-0.3, -0.25) is 4.79 Å². The molecule has 92 valence electrons. The molecule has 0 saturated carbocycles. The number of benzene rings is 1. The molecule has 6 heteroatoms. The predicted octanol–water partition coefficient (Wildman–Crippen LogP) is 1.07. The van der Waals surface area contributed by atoms with Gasteiger partial charge >= 0.3 is 0 Å². The van der Waals surface area contributed by atoms with Crippen LogP contribution in [0.25, 0.3) is 0 Å². The summed E-state index contributed by atoms with van der Waals surface area (Å²) in [7, 11) is 0. The van der Waals surface area contributed by atoms with Gasteiger partial charge in [0.1, 0.15) is 0 Å². The van der Waals surface area contributed by atoms with Gasteiger partial charge in [0.25, 0.3) is 5.91 Å². The van der Waals surface area contributed by atoms with Crippen molar-refractivity contribution in [2.45, 2.75) is 12.5 Å². The predicted molar refractivity (Wildman–Crippen MR) is 57.5 cm³/mol. The Morgan fingerprint density at radius 1 is 1.41 bits per heavy atom. The van der Waals surface area contributed by atoms with E-state index in [0.717, 1.165) is 12.1 Å². The van der Waals surface area contributed by atoms with Gasteiger partial charge in [-0.05, 0) is 12.5 Å². The van der Waals surface area contributed by atoms with E-state index in [1.54, 1.807) is 0 Å². The summed E-state index contributed by atoms with van der Waals surface area (Å²) in [5, 5.41) is 2.65. The molecule has 0 aliphatic carbocycles. The number of carbonyl (C=O) groups excluding carboxylic acids is 1. The standard InChI is InChI=1S/C11H12F2N2O2/c12-8-3-7(10(14)4-9(8)13)11(16)15-6-1-2-17-5-6/h3-4,6H,1-2,5,14H2,(H,15,16). The summed E-state index contributed by atoms with van der Waals surface area (Å²) < 4.78 is 30.9. The number of nitrogen functional groups attached to an aromatic ring is 1. The van der Waals surface area contributed by atoms with Crippen LogP contribution in [0.15, 0.2) is 12.1 Å². The minimum atomic E-state index is -1.09. The van der Waals surface area contributed by atoms with Crippen LogP contribution in [-0.2, 0) is 4.74 Å². The molecular weight excluding hydrogens is 230 g/mol. The summed E-state index contributed by atoms with van der Waals surface area (Å²) in [5.41, 5.74) is 5.32. The first-order chi connectivity index (χ1) is 8.08. The van der Waals surface area contributed by atoms with Gasteiger partial charge < -0.3 is 15.8 Å². The molecule has 0 bridgehead atoms. The van der Waals surface area contributed by atoms with E-state index in [0.29, 0.717) is 19.6 Å². The van der Waals surface area contributed by atoms with E-state index in [4.69, 9.17) is 10.5 Å². The Labute approximate surface area is 96.7 Å². The van der Waals surface area contributed by atoms with Gasteiger partial charge in [-0.1, -0.05) is 0 Å². The zero-order chi connectivity index (χ0) is 12.4. The first-order valence-corrected chi connectivity index (χ1v) is 5.21. The van der Waals surface area contributed by atoms with Crippen molar-refractivity contribution >= 4 is 11.6 Å². The minimum absolute atomic E-state index is 0.0594. The first kappa shape index (κ1) is 11.8.